The van der Waals surface area contributed by atoms with E-state index in [0.29, 0.717) is 31.1 Å². The molecule has 2 heterocycles. The molecule has 0 amide bonds. The van der Waals surface area contributed by atoms with Crippen LogP contribution in [0, 0.1) is 5.82 Å². The summed E-state index contributed by atoms with van der Waals surface area (Å²) in [6, 6.07) is 22.1. The molecule has 1 aromatic heterocycles. The number of rotatable bonds is 5. The minimum absolute atomic E-state index is 0.103. The van der Waals surface area contributed by atoms with Crippen molar-refractivity contribution in [2.24, 2.45) is 0 Å². The van der Waals surface area contributed by atoms with E-state index in [4.69, 9.17) is 9.47 Å². The second kappa shape index (κ2) is 8.97. The highest BCUT2D eigenvalue weighted by atomic mass is 19.1. The Morgan fingerprint density at radius 3 is 2.47 bits per heavy atom. The van der Waals surface area contributed by atoms with Crippen molar-refractivity contribution in [3.8, 4) is 16.9 Å². The Kier molecular flexibility index (Phi) is 5.73. The van der Waals surface area contributed by atoms with Crippen LogP contribution in [-0.4, -0.2) is 18.2 Å². The van der Waals surface area contributed by atoms with Gasteiger partial charge >= 0.3 is 0 Å². The highest BCUT2D eigenvalue weighted by Crippen LogP contribution is 2.37. The number of nitrogens with one attached hydrogen (secondary N) is 1. The summed E-state index contributed by atoms with van der Waals surface area (Å²) in [5.41, 5.74) is 4.13. The van der Waals surface area contributed by atoms with Gasteiger partial charge in [-0.05, 0) is 59.7 Å². The van der Waals surface area contributed by atoms with Crippen LogP contribution in [0.3, 0.4) is 0 Å². The van der Waals surface area contributed by atoms with Gasteiger partial charge < -0.3 is 14.5 Å². The molecule has 0 radical (unpaired) electrons. The van der Waals surface area contributed by atoms with Crippen LogP contribution in [0.5, 0.6) is 5.75 Å². The van der Waals surface area contributed by atoms with E-state index in [0.717, 1.165) is 40.5 Å². The Morgan fingerprint density at radius 1 is 0.969 bits per heavy atom. The third kappa shape index (κ3) is 4.16. The summed E-state index contributed by atoms with van der Waals surface area (Å²) in [6.07, 6.45) is 1.59. The summed E-state index contributed by atoms with van der Waals surface area (Å²) in [4.78, 5) is 16.3. The number of benzene rings is 3. The zero-order valence-corrected chi connectivity index (χ0v) is 17.6. The summed E-state index contributed by atoms with van der Waals surface area (Å²) in [7, 11) is 0. The number of hydrogen-bond donors (Lipinski definition) is 1. The number of aromatic nitrogens is 1. The maximum atomic E-state index is 13.6. The number of halogens is 1. The van der Waals surface area contributed by atoms with E-state index in [1.807, 2.05) is 48.5 Å². The third-order valence-electron chi connectivity index (χ3n) is 6.03. The topological polar surface area (TPSA) is 51.3 Å². The molecule has 0 saturated carbocycles. The Balaban J connectivity index is 1.60. The molecule has 0 bridgehead atoms. The van der Waals surface area contributed by atoms with Gasteiger partial charge in [0.25, 0.3) is 5.56 Å². The molecule has 5 rings (SSSR count). The lowest BCUT2D eigenvalue weighted by molar-refractivity contribution is 0.0852. The van der Waals surface area contributed by atoms with Crippen LogP contribution < -0.4 is 10.3 Å². The van der Waals surface area contributed by atoms with Crippen LogP contribution in [0.2, 0.25) is 0 Å². The van der Waals surface area contributed by atoms with E-state index >= 15 is 0 Å². The summed E-state index contributed by atoms with van der Waals surface area (Å²) in [6.45, 7) is 1.72. The predicted molar refractivity (Wildman–Crippen MR) is 124 cm³/mol. The second-order valence-corrected chi connectivity index (χ2v) is 8.12. The fraction of sp³-hybridized carbons (Fsp3) is 0.222. The first kappa shape index (κ1) is 20.5. The fourth-order valence-corrected chi connectivity index (χ4v) is 4.43. The molecule has 5 heteroatoms. The standard InChI is InChI=1S/C27H24FNO3/c28-21-8-6-19(7-9-21)25-23-11-10-22(32-17-18-4-2-1-3-5-18)16-24(23)29-27(30)26(25)20-12-14-31-15-13-20/h1-11,16,20H,12-15,17H2,(H,29,30). The van der Waals surface area contributed by atoms with E-state index < -0.39 is 0 Å². The number of aromatic amines is 1. The number of fused-ring (bicyclic) bond motifs is 1. The Morgan fingerprint density at radius 2 is 1.72 bits per heavy atom. The molecule has 1 aliphatic heterocycles. The third-order valence-corrected chi connectivity index (χ3v) is 6.03. The molecule has 1 fully saturated rings. The van der Waals surface area contributed by atoms with Crippen LogP contribution in [0.4, 0.5) is 4.39 Å². The summed E-state index contributed by atoms with van der Waals surface area (Å²) in [5, 5.41) is 0.921. The van der Waals surface area contributed by atoms with Crippen LogP contribution in [0.1, 0.15) is 29.9 Å². The van der Waals surface area contributed by atoms with Gasteiger partial charge in [0, 0.05) is 30.2 Å². The Bertz CT molecular complexity index is 1280. The molecule has 4 aromatic rings. The van der Waals surface area contributed by atoms with Gasteiger partial charge in [0.15, 0.2) is 0 Å². The molecule has 0 aliphatic carbocycles. The predicted octanol–water partition coefficient (Wildman–Crippen LogP) is 5.81. The monoisotopic (exact) mass is 429 g/mol. The average Bonchev–Trinajstić information content (AvgIpc) is 2.83. The van der Waals surface area contributed by atoms with E-state index in [2.05, 4.69) is 4.98 Å². The van der Waals surface area contributed by atoms with Gasteiger partial charge in [0.2, 0.25) is 0 Å². The molecule has 32 heavy (non-hydrogen) atoms. The van der Waals surface area contributed by atoms with E-state index in [9.17, 15) is 9.18 Å². The van der Waals surface area contributed by atoms with Gasteiger partial charge in [-0.2, -0.15) is 0 Å². The van der Waals surface area contributed by atoms with Crippen molar-refractivity contribution in [1.29, 1.82) is 0 Å². The highest BCUT2D eigenvalue weighted by molar-refractivity contribution is 5.96. The van der Waals surface area contributed by atoms with Crippen molar-refractivity contribution < 1.29 is 13.9 Å². The molecule has 0 atom stereocenters. The number of ether oxygens (including phenoxy) is 2. The quantitative estimate of drug-likeness (QED) is 0.436. The fourth-order valence-electron chi connectivity index (χ4n) is 4.43. The van der Waals surface area contributed by atoms with E-state index in [1.165, 1.54) is 12.1 Å². The second-order valence-electron chi connectivity index (χ2n) is 8.12. The van der Waals surface area contributed by atoms with Gasteiger partial charge in [-0.3, -0.25) is 4.79 Å². The van der Waals surface area contributed by atoms with Crippen molar-refractivity contribution in [2.75, 3.05) is 13.2 Å². The maximum absolute atomic E-state index is 13.6. The lowest BCUT2D eigenvalue weighted by Gasteiger charge is -2.25. The largest absolute Gasteiger partial charge is 0.489 e. The molecular weight excluding hydrogens is 405 g/mol. The average molecular weight is 429 g/mol. The SMILES string of the molecule is O=c1[nH]c2cc(OCc3ccccc3)ccc2c(-c2ccc(F)cc2)c1C1CCOCC1. The summed E-state index contributed by atoms with van der Waals surface area (Å²) in [5.74, 6) is 0.485. The first-order chi connectivity index (χ1) is 15.7. The molecule has 1 saturated heterocycles. The lowest BCUT2D eigenvalue weighted by atomic mass is 9.85. The smallest absolute Gasteiger partial charge is 0.252 e. The summed E-state index contributed by atoms with van der Waals surface area (Å²) >= 11 is 0. The number of pyridine rings is 1. The zero-order chi connectivity index (χ0) is 21.9. The van der Waals surface area contributed by atoms with Crippen molar-refractivity contribution in [3.05, 3.63) is 100 Å². The minimum Gasteiger partial charge on any atom is -0.489 e. The molecule has 1 aliphatic rings. The van der Waals surface area contributed by atoms with Crippen LogP contribution in [0.15, 0.2) is 77.6 Å². The first-order valence-electron chi connectivity index (χ1n) is 10.9. The summed E-state index contributed by atoms with van der Waals surface area (Å²) < 4.78 is 25.1. The van der Waals surface area contributed by atoms with Gasteiger partial charge in [0.1, 0.15) is 18.2 Å². The number of H-pyrrole nitrogens is 1. The van der Waals surface area contributed by atoms with E-state index in [1.54, 1.807) is 12.1 Å². The molecule has 3 aromatic carbocycles. The van der Waals surface area contributed by atoms with Gasteiger partial charge in [-0.1, -0.05) is 42.5 Å². The first-order valence-corrected chi connectivity index (χ1v) is 10.9. The molecule has 0 unspecified atom stereocenters. The molecular formula is C27H24FNO3. The van der Waals surface area contributed by atoms with Gasteiger partial charge in [-0.25, -0.2) is 4.39 Å². The van der Waals surface area contributed by atoms with Crippen LogP contribution in [0.25, 0.3) is 22.0 Å². The van der Waals surface area contributed by atoms with Gasteiger partial charge in [-0.15, -0.1) is 0 Å². The molecule has 4 nitrogen and oxygen atoms in total. The maximum Gasteiger partial charge on any atom is 0.252 e. The van der Waals surface area contributed by atoms with Crippen LogP contribution >= 0.6 is 0 Å². The molecule has 162 valence electrons. The lowest BCUT2D eigenvalue weighted by Crippen LogP contribution is -2.23. The zero-order valence-electron chi connectivity index (χ0n) is 17.6. The normalized spacial score (nSPS) is 14.5. The van der Waals surface area contributed by atoms with E-state index in [-0.39, 0.29) is 17.3 Å². The minimum atomic E-state index is -0.299. The van der Waals surface area contributed by atoms with Crippen molar-refractivity contribution in [2.45, 2.75) is 25.4 Å². The molecule has 1 N–H and O–H groups in total. The number of hydrogen-bond acceptors (Lipinski definition) is 3. The van der Waals surface area contributed by atoms with Gasteiger partial charge in [0.05, 0.1) is 5.52 Å². The highest BCUT2D eigenvalue weighted by Gasteiger charge is 2.25. The van der Waals surface area contributed by atoms with Crippen molar-refractivity contribution >= 4 is 10.9 Å². The van der Waals surface area contributed by atoms with Crippen LogP contribution in [-0.2, 0) is 11.3 Å². The molecule has 0 spiro atoms. The Labute approximate surface area is 185 Å². The van der Waals surface area contributed by atoms with Crippen molar-refractivity contribution in [3.63, 3.8) is 0 Å². The Hall–Kier alpha value is -3.44. The van der Waals surface area contributed by atoms with Crippen molar-refractivity contribution in [1.82, 2.24) is 4.98 Å².